The standard InChI is InChI=1S/C19H22BrNO/c20-13-6-2-1-3-7-14-21-16-10-5-4-9-15(16)19-17(21)11-8-12-18(19)22/h4-5,8-12,22H,1-3,6-7,13-14H2. The first-order valence-corrected chi connectivity index (χ1v) is 9.20. The van der Waals surface area contributed by atoms with Crippen molar-refractivity contribution < 1.29 is 5.11 Å². The fourth-order valence-electron chi connectivity index (χ4n) is 3.21. The van der Waals surface area contributed by atoms with Crippen LogP contribution in [0.3, 0.4) is 0 Å². The molecule has 0 unspecified atom stereocenters. The minimum absolute atomic E-state index is 0.379. The maximum absolute atomic E-state index is 10.2. The number of aromatic hydroxyl groups is 1. The van der Waals surface area contributed by atoms with Crippen LogP contribution in [0.25, 0.3) is 21.8 Å². The molecule has 0 aliphatic rings. The Bertz CT molecular complexity index is 763. The summed E-state index contributed by atoms with van der Waals surface area (Å²) in [4.78, 5) is 0. The zero-order chi connectivity index (χ0) is 15.4. The van der Waals surface area contributed by atoms with Crippen molar-refractivity contribution in [3.8, 4) is 5.75 Å². The number of fused-ring (bicyclic) bond motifs is 3. The third kappa shape index (κ3) is 3.00. The van der Waals surface area contributed by atoms with Crippen LogP contribution in [0.4, 0.5) is 0 Å². The van der Waals surface area contributed by atoms with Gasteiger partial charge in [0.2, 0.25) is 0 Å². The van der Waals surface area contributed by atoms with Crippen LogP contribution in [0.5, 0.6) is 5.75 Å². The van der Waals surface area contributed by atoms with Gasteiger partial charge in [0.15, 0.2) is 0 Å². The van der Waals surface area contributed by atoms with Gasteiger partial charge in [-0.1, -0.05) is 59.5 Å². The molecule has 2 aromatic carbocycles. The average molecular weight is 360 g/mol. The van der Waals surface area contributed by atoms with E-state index in [1.54, 1.807) is 6.07 Å². The molecule has 3 aromatic rings. The second-order valence-corrected chi connectivity index (χ2v) is 6.59. The Morgan fingerprint density at radius 1 is 0.818 bits per heavy atom. The van der Waals surface area contributed by atoms with Crippen LogP contribution >= 0.6 is 15.9 Å². The monoisotopic (exact) mass is 359 g/mol. The normalized spacial score (nSPS) is 11.5. The first-order valence-electron chi connectivity index (χ1n) is 8.08. The molecule has 1 N–H and O–H groups in total. The second-order valence-electron chi connectivity index (χ2n) is 5.80. The topological polar surface area (TPSA) is 25.2 Å². The van der Waals surface area contributed by atoms with E-state index < -0.39 is 0 Å². The number of benzene rings is 2. The molecule has 0 bridgehead atoms. The van der Waals surface area contributed by atoms with Crippen LogP contribution < -0.4 is 0 Å². The average Bonchev–Trinajstić information content (AvgIpc) is 2.86. The number of para-hydroxylation sites is 1. The molecule has 0 spiro atoms. The van der Waals surface area contributed by atoms with Crippen molar-refractivity contribution in [1.29, 1.82) is 0 Å². The Morgan fingerprint density at radius 2 is 1.55 bits per heavy atom. The molecule has 116 valence electrons. The van der Waals surface area contributed by atoms with Crippen LogP contribution in [-0.4, -0.2) is 15.0 Å². The summed E-state index contributed by atoms with van der Waals surface area (Å²) in [5, 5.41) is 13.5. The molecule has 22 heavy (non-hydrogen) atoms. The summed E-state index contributed by atoms with van der Waals surface area (Å²) >= 11 is 3.48. The Hall–Kier alpha value is -1.48. The van der Waals surface area contributed by atoms with Crippen molar-refractivity contribution in [1.82, 2.24) is 4.57 Å². The van der Waals surface area contributed by atoms with Gasteiger partial charge in [-0.3, -0.25) is 0 Å². The van der Waals surface area contributed by atoms with Gasteiger partial charge in [-0.25, -0.2) is 0 Å². The lowest BCUT2D eigenvalue weighted by molar-refractivity contribution is 0.482. The molecule has 3 rings (SSSR count). The molecule has 2 nitrogen and oxygen atoms in total. The molecule has 0 saturated heterocycles. The van der Waals surface area contributed by atoms with Crippen LogP contribution in [0.15, 0.2) is 42.5 Å². The van der Waals surface area contributed by atoms with E-state index in [9.17, 15) is 5.11 Å². The fourth-order valence-corrected chi connectivity index (χ4v) is 3.61. The Morgan fingerprint density at radius 3 is 2.41 bits per heavy atom. The van der Waals surface area contributed by atoms with E-state index in [0.29, 0.717) is 5.75 Å². The van der Waals surface area contributed by atoms with Crippen LogP contribution in [0, 0.1) is 0 Å². The first-order chi connectivity index (χ1) is 10.8. The molecule has 0 amide bonds. The van der Waals surface area contributed by atoms with Crippen LogP contribution in [0.2, 0.25) is 0 Å². The lowest BCUT2D eigenvalue weighted by Crippen LogP contribution is -1.97. The van der Waals surface area contributed by atoms with Gasteiger partial charge in [0.25, 0.3) is 0 Å². The van der Waals surface area contributed by atoms with Gasteiger partial charge in [-0.2, -0.15) is 0 Å². The quantitative estimate of drug-likeness (QED) is 0.415. The third-order valence-electron chi connectivity index (χ3n) is 4.29. The number of unbranched alkanes of at least 4 members (excludes halogenated alkanes) is 4. The number of rotatable bonds is 7. The van der Waals surface area contributed by atoms with Gasteiger partial charge in [0.1, 0.15) is 5.75 Å². The zero-order valence-corrected chi connectivity index (χ0v) is 14.3. The first kappa shape index (κ1) is 15.4. The highest BCUT2D eigenvalue weighted by Gasteiger charge is 2.12. The minimum atomic E-state index is 0.379. The van der Waals surface area contributed by atoms with E-state index in [1.807, 2.05) is 12.1 Å². The van der Waals surface area contributed by atoms with Gasteiger partial charge in [-0.15, -0.1) is 0 Å². The molecule has 0 aliphatic heterocycles. The minimum Gasteiger partial charge on any atom is -0.507 e. The van der Waals surface area contributed by atoms with Gasteiger partial charge in [0, 0.05) is 28.2 Å². The molecular weight excluding hydrogens is 338 g/mol. The summed E-state index contributed by atoms with van der Waals surface area (Å²) in [5.74, 6) is 0.379. The van der Waals surface area contributed by atoms with Gasteiger partial charge in [-0.05, 0) is 31.0 Å². The van der Waals surface area contributed by atoms with E-state index >= 15 is 0 Å². The van der Waals surface area contributed by atoms with Crippen molar-refractivity contribution >= 4 is 37.7 Å². The highest BCUT2D eigenvalue weighted by molar-refractivity contribution is 9.09. The lowest BCUT2D eigenvalue weighted by Gasteiger charge is -2.07. The van der Waals surface area contributed by atoms with Crippen molar-refractivity contribution in [3.63, 3.8) is 0 Å². The molecule has 0 saturated carbocycles. The molecule has 0 atom stereocenters. The van der Waals surface area contributed by atoms with E-state index in [1.165, 1.54) is 37.6 Å². The summed E-state index contributed by atoms with van der Waals surface area (Å²) in [6, 6.07) is 14.2. The van der Waals surface area contributed by atoms with Crippen molar-refractivity contribution in [3.05, 3.63) is 42.5 Å². The van der Waals surface area contributed by atoms with Crippen LogP contribution in [-0.2, 0) is 6.54 Å². The van der Waals surface area contributed by atoms with Crippen molar-refractivity contribution in [2.75, 3.05) is 5.33 Å². The molecule has 1 heterocycles. The molecular formula is C19H22BrNO. The largest absolute Gasteiger partial charge is 0.507 e. The number of hydrogen-bond acceptors (Lipinski definition) is 1. The zero-order valence-electron chi connectivity index (χ0n) is 12.8. The van der Waals surface area contributed by atoms with E-state index in [0.717, 1.165) is 28.2 Å². The number of alkyl halides is 1. The number of aromatic nitrogens is 1. The smallest absolute Gasteiger partial charge is 0.125 e. The van der Waals surface area contributed by atoms with E-state index in [-0.39, 0.29) is 0 Å². The van der Waals surface area contributed by atoms with Crippen molar-refractivity contribution in [2.45, 2.75) is 38.6 Å². The highest BCUT2D eigenvalue weighted by Crippen LogP contribution is 2.35. The third-order valence-corrected chi connectivity index (χ3v) is 4.85. The van der Waals surface area contributed by atoms with Gasteiger partial charge >= 0.3 is 0 Å². The molecule has 0 radical (unpaired) electrons. The van der Waals surface area contributed by atoms with E-state index in [4.69, 9.17) is 0 Å². The van der Waals surface area contributed by atoms with Crippen LogP contribution in [0.1, 0.15) is 32.1 Å². The molecule has 3 heteroatoms. The second kappa shape index (κ2) is 7.19. The molecule has 0 fully saturated rings. The van der Waals surface area contributed by atoms with Gasteiger partial charge in [0.05, 0.1) is 5.52 Å². The number of hydrogen-bond donors (Lipinski definition) is 1. The fraction of sp³-hybridized carbons (Fsp3) is 0.368. The Labute approximate surface area is 139 Å². The number of phenols is 1. The molecule has 0 aliphatic carbocycles. The van der Waals surface area contributed by atoms with Gasteiger partial charge < -0.3 is 9.67 Å². The lowest BCUT2D eigenvalue weighted by atomic mass is 10.1. The van der Waals surface area contributed by atoms with E-state index in [2.05, 4.69) is 44.8 Å². The Kier molecular flexibility index (Phi) is 5.04. The summed E-state index contributed by atoms with van der Waals surface area (Å²) in [7, 11) is 0. The summed E-state index contributed by atoms with van der Waals surface area (Å²) in [6.07, 6.45) is 6.32. The summed E-state index contributed by atoms with van der Waals surface area (Å²) in [6.45, 7) is 1.02. The number of halogens is 1. The SMILES string of the molecule is Oc1cccc2c1c1ccccc1n2CCCCCCCBr. The predicted molar refractivity (Wildman–Crippen MR) is 98.0 cm³/mol. The maximum atomic E-state index is 10.2. The summed E-state index contributed by atoms with van der Waals surface area (Å²) in [5.41, 5.74) is 2.36. The molecule has 1 aromatic heterocycles. The Balaban J connectivity index is 1.86. The summed E-state index contributed by atoms with van der Waals surface area (Å²) < 4.78 is 2.36. The number of nitrogens with zero attached hydrogens (tertiary/aromatic N) is 1. The maximum Gasteiger partial charge on any atom is 0.125 e. The predicted octanol–water partition coefficient (Wildman–Crippen LogP) is 5.85. The number of phenolic OH excluding ortho intramolecular Hbond substituents is 1. The highest BCUT2D eigenvalue weighted by atomic mass is 79.9. The van der Waals surface area contributed by atoms with Crippen molar-refractivity contribution in [2.24, 2.45) is 0 Å². The number of aryl methyl sites for hydroxylation is 1.